The minimum atomic E-state index is -3.80. The summed E-state index contributed by atoms with van der Waals surface area (Å²) in [6, 6.07) is 7.59. The lowest BCUT2D eigenvalue weighted by Crippen LogP contribution is -2.54. The van der Waals surface area contributed by atoms with Crippen molar-refractivity contribution in [2.24, 2.45) is 0 Å². The van der Waals surface area contributed by atoms with Crippen molar-refractivity contribution in [1.82, 2.24) is 35.3 Å². The van der Waals surface area contributed by atoms with E-state index in [1.807, 2.05) is 20.8 Å². The standard InChI is InChI=1S/C44H54ClFN10O11S/c1-26(2)55-25-31(40(53-55)30-22-28(45)23-34(39(30)46)54-68(4,62)63)32-10-12-48-44(51-32)49-24-27(3)50-37(58)11-14-64-16-18-66-20-21-67-19-17-65-15-13-47-33-7-5-6-29-38(33)43(61)56(42(29)60)35-8-9-36(57)52-41(35)59/h5-7,10,12,22-23,25-27,35,47,54H,8-9,11,13-21,24H2,1-4H3,(H,50,58)(H,48,49,51)(H,52,57,59). The molecular weight excluding hydrogens is 931 g/mol. The number of sulfonamides is 1. The molecule has 5 N–H and O–H groups in total. The van der Waals surface area contributed by atoms with Gasteiger partial charge >= 0.3 is 0 Å². The number of imide groups is 2. The van der Waals surface area contributed by atoms with Gasteiger partial charge in [-0.25, -0.2) is 22.8 Å². The van der Waals surface area contributed by atoms with Crippen LogP contribution in [0.2, 0.25) is 5.02 Å². The highest BCUT2D eigenvalue weighted by molar-refractivity contribution is 7.92. The van der Waals surface area contributed by atoms with Crippen LogP contribution in [-0.4, -0.2) is 147 Å². The van der Waals surface area contributed by atoms with Gasteiger partial charge in [-0.2, -0.15) is 5.10 Å². The second-order valence-electron chi connectivity index (χ2n) is 16.1. The zero-order valence-corrected chi connectivity index (χ0v) is 39.5. The molecule has 0 saturated carbocycles. The van der Waals surface area contributed by atoms with Crippen LogP contribution in [0.4, 0.5) is 21.7 Å². The molecule has 0 aliphatic carbocycles. The van der Waals surface area contributed by atoms with Gasteiger partial charge in [0, 0.05) is 72.2 Å². The maximum atomic E-state index is 15.7. The summed E-state index contributed by atoms with van der Waals surface area (Å²) in [6.07, 6.45) is 4.41. The average molecular weight is 985 g/mol. The molecule has 366 valence electrons. The first kappa shape index (κ1) is 51.3. The lowest BCUT2D eigenvalue weighted by molar-refractivity contribution is -0.136. The Balaban J connectivity index is 0.815. The number of nitrogens with zero attached hydrogens (tertiary/aromatic N) is 5. The summed E-state index contributed by atoms with van der Waals surface area (Å²) in [5.41, 5.74) is 1.56. The first-order valence-electron chi connectivity index (χ1n) is 21.8. The summed E-state index contributed by atoms with van der Waals surface area (Å²) in [5, 5.41) is 16.0. The van der Waals surface area contributed by atoms with Crippen molar-refractivity contribution >= 4 is 68.5 Å². The summed E-state index contributed by atoms with van der Waals surface area (Å²) in [7, 11) is -3.80. The van der Waals surface area contributed by atoms with Crippen molar-refractivity contribution in [3.8, 4) is 22.5 Å². The summed E-state index contributed by atoms with van der Waals surface area (Å²) in [5.74, 6) is -3.08. The molecule has 0 radical (unpaired) electrons. The molecule has 0 bridgehead atoms. The van der Waals surface area contributed by atoms with Crippen molar-refractivity contribution in [3.63, 3.8) is 0 Å². The van der Waals surface area contributed by atoms with E-state index in [0.717, 1.165) is 11.2 Å². The van der Waals surface area contributed by atoms with Gasteiger partial charge in [-0.1, -0.05) is 17.7 Å². The van der Waals surface area contributed by atoms with Gasteiger partial charge in [0.15, 0.2) is 5.82 Å². The molecule has 2 aliphatic heterocycles. The van der Waals surface area contributed by atoms with Gasteiger partial charge in [0.1, 0.15) is 11.7 Å². The Labute approximate surface area is 397 Å². The van der Waals surface area contributed by atoms with Crippen LogP contribution >= 0.6 is 11.6 Å². The van der Waals surface area contributed by atoms with E-state index in [9.17, 15) is 32.4 Å². The molecule has 2 atom stereocenters. The normalized spacial score (nSPS) is 15.4. The number of benzene rings is 2. The smallest absolute Gasteiger partial charge is 0.264 e. The van der Waals surface area contributed by atoms with Gasteiger partial charge in [-0.3, -0.25) is 43.6 Å². The molecule has 21 nitrogen and oxygen atoms in total. The number of piperidine rings is 1. The predicted octanol–water partition coefficient (Wildman–Crippen LogP) is 3.64. The largest absolute Gasteiger partial charge is 0.382 e. The molecule has 24 heteroatoms. The molecule has 0 spiro atoms. The van der Waals surface area contributed by atoms with Crippen LogP contribution in [0, 0.1) is 5.82 Å². The van der Waals surface area contributed by atoms with Gasteiger partial charge in [0.2, 0.25) is 33.7 Å². The number of amides is 5. The number of fused-ring (bicyclic) bond motifs is 1. The van der Waals surface area contributed by atoms with E-state index >= 15 is 4.39 Å². The van der Waals surface area contributed by atoms with E-state index in [4.69, 9.17) is 30.5 Å². The Morgan fingerprint density at radius 1 is 0.897 bits per heavy atom. The summed E-state index contributed by atoms with van der Waals surface area (Å²) in [6.45, 7) is 8.64. The minimum Gasteiger partial charge on any atom is -0.382 e. The molecule has 1 saturated heterocycles. The lowest BCUT2D eigenvalue weighted by atomic mass is 10.0. The Kier molecular flexibility index (Phi) is 17.9. The average Bonchev–Trinajstić information content (AvgIpc) is 3.84. The van der Waals surface area contributed by atoms with E-state index in [1.54, 1.807) is 29.1 Å². The monoisotopic (exact) mass is 984 g/mol. The van der Waals surface area contributed by atoms with E-state index < -0.39 is 45.5 Å². The first-order chi connectivity index (χ1) is 32.5. The highest BCUT2D eigenvalue weighted by Crippen LogP contribution is 2.37. The van der Waals surface area contributed by atoms with E-state index in [-0.39, 0.29) is 96.1 Å². The Morgan fingerprint density at radius 2 is 1.59 bits per heavy atom. The fourth-order valence-corrected chi connectivity index (χ4v) is 7.93. The van der Waals surface area contributed by atoms with Crippen LogP contribution in [0.15, 0.2) is 48.8 Å². The number of halogens is 2. The number of ether oxygens (including phenoxy) is 4. The fourth-order valence-electron chi connectivity index (χ4n) is 7.16. The van der Waals surface area contributed by atoms with Crippen molar-refractivity contribution in [3.05, 3.63) is 70.8 Å². The van der Waals surface area contributed by atoms with Crippen molar-refractivity contribution in [2.45, 2.75) is 58.2 Å². The van der Waals surface area contributed by atoms with Crippen LogP contribution in [0.3, 0.4) is 0 Å². The molecule has 1 fully saturated rings. The van der Waals surface area contributed by atoms with Gasteiger partial charge in [0.25, 0.3) is 11.8 Å². The number of nitrogens with one attached hydrogen (secondary N) is 5. The minimum absolute atomic E-state index is 0.0203. The van der Waals surface area contributed by atoms with E-state index in [2.05, 4.69) is 41.1 Å². The number of anilines is 3. The third-order valence-electron chi connectivity index (χ3n) is 10.4. The number of rotatable bonds is 26. The molecule has 4 heterocycles. The van der Waals surface area contributed by atoms with Gasteiger partial charge in [-0.05, 0) is 57.5 Å². The molecule has 2 aromatic heterocycles. The first-order valence-corrected chi connectivity index (χ1v) is 24.1. The highest BCUT2D eigenvalue weighted by atomic mass is 35.5. The molecule has 2 unspecified atom stereocenters. The molecule has 5 amide bonds. The maximum Gasteiger partial charge on any atom is 0.264 e. The Bertz CT molecular complexity index is 2600. The molecule has 4 aromatic rings. The number of hydrogen-bond acceptors (Lipinski definition) is 16. The number of hydrogen-bond donors (Lipinski definition) is 5. The van der Waals surface area contributed by atoms with Gasteiger partial charge in [-0.15, -0.1) is 0 Å². The molecule has 2 aliphatic rings. The lowest BCUT2D eigenvalue weighted by Gasteiger charge is -2.27. The van der Waals surface area contributed by atoms with Crippen LogP contribution in [0.1, 0.15) is 66.8 Å². The maximum absolute atomic E-state index is 15.7. The van der Waals surface area contributed by atoms with Crippen molar-refractivity contribution in [2.75, 3.05) is 87.6 Å². The number of carbonyl (C=O) groups is 5. The zero-order chi connectivity index (χ0) is 49.0. The van der Waals surface area contributed by atoms with Crippen molar-refractivity contribution < 1.29 is 55.7 Å². The van der Waals surface area contributed by atoms with E-state index in [0.29, 0.717) is 63.1 Å². The Morgan fingerprint density at radius 3 is 2.26 bits per heavy atom. The quantitative estimate of drug-likeness (QED) is 0.0444. The Hall–Kier alpha value is -6.11. The SMILES string of the molecule is CC(CNc1nccc(-c2cn(C(C)C)nc2-c2cc(Cl)cc(NS(C)(=O)=O)c2F)n1)NC(=O)CCOCCOCCOCCOCCNc1cccc2c1C(=O)N(C1CCC(=O)NC1=O)C2=O. The van der Waals surface area contributed by atoms with Gasteiger partial charge in [0.05, 0.1) is 81.6 Å². The topological polar surface area (TPSA) is 263 Å². The zero-order valence-electron chi connectivity index (χ0n) is 37.9. The van der Waals surface area contributed by atoms with Crippen LogP contribution in [0.25, 0.3) is 22.5 Å². The second-order valence-corrected chi connectivity index (χ2v) is 18.3. The molecule has 68 heavy (non-hydrogen) atoms. The van der Waals surface area contributed by atoms with Crippen molar-refractivity contribution in [1.29, 1.82) is 0 Å². The summed E-state index contributed by atoms with van der Waals surface area (Å²) < 4.78 is 65.6. The number of aromatic nitrogens is 4. The third-order valence-corrected chi connectivity index (χ3v) is 11.2. The molecule has 2 aromatic carbocycles. The summed E-state index contributed by atoms with van der Waals surface area (Å²) in [4.78, 5) is 72.5. The van der Waals surface area contributed by atoms with Crippen LogP contribution in [0.5, 0.6) is 0 Å². The predicted molar refractivity (Wildman–Crippen MR) is 248 cm³/mol. The van der Waals surface area contributed by atoms with E-state index in [1.165, 1.54) is 24.4 Å². The third kappa shape index (κ3) is 13.8. The fraction of sp³-hybridized carbons (Fsp3) is 0.455. The second kappa shape index (κ2) is 23.8. The van der Waals surface area contributed by atoms with Crippen LogP contribution < -0.4 is 26.0 Å². The molecular formula is C44H54ClFN10O11S. The summed E-state index contributed by atoms with van der Waals surface area (Å²) >= 11 is 6.28. The molecule has 6 rings (SSSR count). The van der Waals surface area contributed by atoms with Gasteiger partial charge < -0.3 is 34.9 Å². The van der Waals surface area contributed by atoms with Crippen LogP contribution in [-0.2, 0) is 43.4 Å². The highest BCUT2D eigenvalue weighted by Gasteiger charge is 2.45. The number of carbonyl (C=O) groups excluding carboxylic acids is 5.